The Labute approximate surface area is 227 Å². The monoisotopic (exact) mass is 587 g/mol. The first-order valence-electron chi connectivity index (χ1n) is 10.9. The molecule has 8 nitrogen and oxygen atoms in total. The highest BCUT2D eigenvalue weighted by molar-refractivity contribution is 7.92. The average molecular weight is 589 g/mol. The third-order valence-electron chi connectivity index (χ3n) is 5.61. The number of hydrogen-bond acceptors (Lipinski definition) is 6. The molecule has 13 heteroatoms. The number of sulfone groups is 1. The highest BCUT2D eigenvalue weighted by atomic mass is 35.5. The third kappa shape index (κ3) is 6.27. The van der Waals surface area contributed by atoms with Crippen molar-refractivity contribution in [2.45, 2.75) is 18.0 Å². The second kappa shape index (κ2) is 11.4. The van der Waals surface area contributed by atoms with Gasteiger partial charge in [-0.05, 0) is 35.9 Å². The minimum Gasteiger partial charge on any atom is -0.495 e. The van der Waals surface area contributed by atoms with E-state index in [-0.39, 0.29) is 35.2 Å². The smallest absolute Gasteiger partial charge is 0.235 e. The third-order valence-corrected chi connectivity index (χ3v) is 8.11. The second-order valence-corrected chi connectivity index (χ2v) is 11.4. The average Bonchev–Trinajstić information content (AvgIpc) is 3.27. The van der Waals surface area contributed by atoms with Gasteiger partial charge in [0.2, 0.25) is 5.91 Å². The molecule has 0 saturated carbocycles. The summed E-state index contributed by atoms with van der Waals surface area (Å²) in [6, 6.07) is 8.93. The number of rotatable bonds is 8. The highest BCUT2D eigenvalue weighted by Gasteiger charge is 2.25. The Morgan fingerprint density at radius 2 is 1.95 bits per heavy atom. The number of halogens is 4. The number of fused-ring (bicyclic) bond motifs is 1. The Balaban J connectivity index is 1.49. The van der Waals surface area contributed by atoms with Gasteiger partial charge in [0.05, 0.1) is 55.2 Å². The van der Waals surface area contributed by atoms with Crippen molar-refractivity contribution in [3.05, 3.63) is 80.3 Å². The number of benzene rings is 2. The number of nitrogens with zero attached hydrogens (tertiary/aromatic N) is 2. The van der Waals surface area contributed by atoms with Gasteiger partial charge in [0, 0.05) is 21.2 Å². The quantitative estimate of drug-likeness (QED) is 0.410. The van der Waals surface area contributed by atoms with E-state index in [0.29, 0.717) is 27.1 Å². The number of hydrogen-bond donors (Lipinski definition) is 1. The number of carbonyl (C=O) groups is 1. The topological polar surface area (TPSA) is 99.5 Å². The summed E-state index contributed by atoms with van der Waals surface area (Å²) in [6.07, 6.45) is 1.58. The van der Waals surface area contributed by atoms with E-state index in [4.69, 9.17) is 44.3 Å². The minimum absolute atomic E-state index is 0.0443. The predicted octanol–water partition coefficient (Wildman–Crippen LogP) is 4.70. The number of ether oxygens (including phenoxy) is 2. The van der Waals surface area contributed by atoms with Gasteiger partial charge in [-0.3, -0.25) is 9.48 Å². The molecule has 0 bridgehead atoms. The van der Waals surface area contributed by atoms with Crippen molar-refractivity contribution in [2.75, 3.05) is 26.0 Å². The van der Waals surface area contributed by atoms with Crippen molar-refractivity contribution >= 4 is 56.1 Å². The van der Waals surface area contributed by atoms with Crippen LogP contribution in [0.1, 0.15) is 16.8 Å². The summed E-state index contributed by atoms with van der Waals surface area (Å²) in [5, 5.41) is 7.69. The predicted molar refractivity (Wildman–Crippen MR) is 139 cm³/mol. The van der Waals surface area contributed by atoms with Crippen molar-refractivity contribution in [1.29, 1.82) is 0 Å². The van der Waals surface area contributed by atoms with E-state index in [0.717, 1.165) is 5.56 Å². The Kier molecular flexibility index (Phi) is 8.45. The first-order chi connectivity index (χ1) is 17.6. The summed E-state index contributed by atoms with van der Waals surface area (Å²) in [5.41, 5.74) is 2.13. The normalized spacial score (nSPS) is 14.7. The van der Waals surface area contributed by atoms with Gasteiger partial charge < -0.3 is 14.8 Å². The van der Waals surface area contributed by atoms with E-state index >= 15 is 4.39 Å². The maximum Gasteiger partial charge on any atom is 0.235 e. The van der Waals surface area contributed by atoms with Gasteiger partial charge in [0.1, 0.15) is 17.3 Å². The summed E-state index contributed by atoms with van der Waals surface area (Å²) in [6.45, 7) is -0.0627. The Morgan fingerprint density at radius 1 is 1.16 bits per heavy atom. The fraction of sp³-hybridized carbons (Fsp3) is 0.250. The summed E-state index contributed by atoms with van der Waals surface area (Å²) in [5.74, 6) is -2.14. The van der Waals surface area contributed by atoms with Gasteiger partial charge in [-0.15, -0.1) is 0 Å². The molecular weight excluding hydrogens is 568 g/mol. The molecule has 0 spiro atoms. The van der Waals surface area contributed by atoms with Crippen molar-refractivity contribution in [3.63, 3.8) is 0 Å². The number of nitrogens with one attached hydrogen (secondary N) is 1. The molecule has 0 aliphatic carbocycles. The molecule has 1 aliphatic rings. The molecule has 4 rings (SSSR count). The van der Waals surface area contributed by atoms with Gasteiger partial charge in [-0.25, -0.2) is 12.8 Å². The number of aromatic nitrogens is 2. The number of carbonyl (C=O) groups excluding carboxylic acids is 1. The fourth-order valence-corrected chi connectivity index (χ4v) is 5.76. The minimum atomic E-state index is -4.02. The maximum absolute atomic E-state index is 15.3. The van der Waals surface area contributed by atoms with Gasteiger partial charge in [-0.1, -0.05) is 40.9 Å². The van der Waals surface area contributed by atoms with Crippen LogP contribution < -0.4 is 10.1 Å². The van der Waals surface area contributed by atoms with Crippen LogP contribution in [0.2, 0.25) is 15.1 Å². The molecule has 2 heterocycles. The zero-order chi connectivity index (χ0) is 26.7. The molecule has 0 saturated heterocycles. The van der Waals surface area contributed by atoms with Gasteiger partial charge >= 0.3 is 0 Å². The van der Waals surface area contributed by atoms with Crippen LogP contribution in [0.3, 0.4) is 0 Å². The molecule has 196 valence electrons. The van der Waals surface area contributed by atoms with E-state index in [1.165, 1.54) is 25.3 Å². The lowest BCUT2D eigenvalue weighted by molar-refractivity contribution is -0.118. The number of amides is 1. The lowest BCUT2D eigenvalue weighted by atomic mass is 10.1. The lowest BCUT2D eigenvalue weighted by Gasteiger charge is -2.20. The summed E-state index contributed by atoms with van der Waals surface area (Å²) in [7, 11) is -2.62. The van der Waals surface area contributed by atoms with Crippen LogP contribution in [-0.2, 0) is 32.5 Å². The van der Waals surface area contributed by atoms with Crippen molar-refractivity contribution in [3.8, 4) is 5.75 Å². The van der Waals surface area contributed by atoms with E-state index in [9.17, 15) is 13.2 Å². The molecule has 0 unspecified atom stereocenters. The fourth-order valence-electron chi connectivity index (χ4n) is 3.78. The van der Waals surface area contributed by atoms with Crippen LogP contribution in [-0.4, -0.2) is 50.1 Å². The van der Waals surface area contributed by atoms with Gasteiger partial charge in [0.15, 0.2) is 9.84 Å². The van der Waals surface area contributed by atoms with Crippen molar-refractivity contribution in [1.82, 2.24) is 15.1 Å². The molecule has 2 aromatic carbocycles. The molecule has 1 aromatic heterocycles. The summed E-state index contributed by atoms with van der Waals surface area (Å²) in [4.78, 5) is 12.2. The molecule has 37 heavy (non-hydrogen) atoms. The zero-order valence-corrected chi connectivity index (χ0v) is 22.5. The number of methoxy groups -OCH3 is 1. The Morgan fingerprint density at radius 3 is 2.65 bits per heavy atom. The van der Waals surface area contributed by atoms with E-state index in [1.54, 1.807) is 29.1 Å². The molecule has 0 fully saturated rings. The van der Waals surface area contributed by atoms with E-state index in [2.05, 4.69) is 10.4 Å². The lowest BCUT2D eigenvalue weighted by Crippen LogP contribution is -2.32. The largest absolute Gasteiger partial charge is 0.495 e. The SMILES string of the molecule is COc1ccc(S(=O)(=O)CC(=O)NC/C(F)=C2\COCc3cnn(Cc4ccc(Cl)cc4Cl)c32)cc1Cl. The van der Waals surface area contributed by atoms with Crippen LogP contribution >= 0.6 is 34.8 Å². The molecule has 1 N–H and O–H groups in total. The van der Waals surface area contributed by atoms with Crippen molar-refractivity contribution < 1.29 is 27.1 Å². The van der Waals surface area contributed by atoms with E-state index < -0.39 is 33.9 Å². The summed E-state index contributed by atoms with van der Waals surface area (Å²) < 4.78 is 52.6. The molecule has 0 atom stereocenters. The second-order valence-electron chi connectivity index (χ2n) is 8.12. The maximum atomic E-state index is 15.3. The standard InChI is InChI=1S/C24H21Cl3FN3O5S/c1-35-22-5-4-17(7-20(22)27)37(33,34)13-23(32)29-9-21(28)18-12-36-11-15-8-30-31(24(15)18)10-14-2-3-16(25)6-19(14)26/h2-8H,9-13H2,1H3,(H,29,32)/b21-18-. The van der Waals surface area contributed by atoms with Crippen LogP contribution in [0.5, 0.6) is 5.75 Å². The Hall–Kier alpha value is -2.63. The first kappa shape index (κ1) is 27.4. The molecule has 1 aliphatic heterocycles. The molecule has 3 aromatic rings. The van der Waals surface area contributed by atoms with Gasteiger partial charge in [-0.2, -0.15) is 5.10 Å². The molecule has 1 amide bonds. The summed E-state index contributed by atoms with van der Waals surface area (Å²) >= 11 is 18.3. The van der Waals surface area contributed by atoms with Crippen LogP contribution in [0.4, 0.5) is 4.39 Å². The van der Waals surface area contributed by atoms with Crippen molar-refractivity contribution in [2.24, 2.45) is 0 Å². The Bertz CT molecular complexity index is 1490. The van der Waals surface area contributed by atoms with Crippen LogP contribution in [0, 0.1) is 0 Å². The van der Waals surface area contributed by atoms with E-state index in [1.807, 2.05) is 0 Å². The van der Waals surface area contributed by atoms with Gasteiger partial charge in [0.25, 0.3) is 0 Å². The van der Waals surface area contributed by atoms with Crippen LogP contribution in [0.15, 0.2) is 53.3 Å². The zero-order valence-electron chi connectivity index (χ0n) is 19.4. The molecular formula is C24H21Cl3FN3O5S. The van der Waals surface area contributed by atoms with Crippen LogP contribution in [0.25, 0.3) is 5.57 Å². The molecule has 0 radical (unpaired) electrons. The first-order valence-corrected chi connectivity index (χ1v) is 13.6. The highest BCUT2D eigenvalue weighted by Crippen LogP contribution is 2.31.